The molecule has 180 valence electrons. The lowest BCUT2D eigenvalue weighted by molar-refractivity contribution is -0.143. The molecule has 0 radical (unpaired) electrons. The lowest BCUT2D eigenvalue weighted by atomic mass is 10.2. The van der Waals surface area contributed by atoms with E-state index in [1.54, 1.807) is 52.6 Å². The minimum absolute atomic E-state index is 0.0773. The highest BCUT2D eigenvalue weighted by molar-refractivity contribution is 7.10. The van der Waals surface area contributed by atoms with E-state index in [0.717, 1.165) is 16.0 Å². The van der Waals surface area contributed by atoms with Gasteiger partial charge in [0.05, 0.1) is 6.54 Å². The second-order valence-corrected chi connectivity index (χ2v) is 9.70. The molecule has 8 heteroatoms. The van der Waals surface area contributed by atoms with Crippen LogP contribution in [0.2, 0.25) is 5.02 Å². The number of thiophene rings is 1. The molecule has 0 saturated carbocycles. The molecular formula is C26H28ClFN2O3S. The number of amides is 2. The van der Waals surface area contributed by atoms with Gasteiger partial charge in [-0.3, -0.25) is 9.59 Å². The number of rotatable bonds is 10. The average molecular weight is 503 g/mol. The standard InChI is InChI=1S/C26H28ClFN2O3S/c1-18(2)30(26(32)17-33-23-10-6-21(27)7-11-23)16-25(31)29(15-24-19(3)12-13-34-24)14-20-4-8-22(28)9-5-20/h4-13,18H,14-17H2,1-3H3. The zero-order valence-electron chi connectivity index (χ0n) is 19.5. The van der Waals surface area contributed by atoms with Crippen molar-refractivity contribution in [3.05, 3.63) is 86.8 Å². The van der Waals surface area contributed by atoms with Gasteiger partial charge in [-0.05, 0) is 79.7 Å². The van der Waals surface area contributed by atoms with Crippen molar-refractivity contribution in [1.82, 2.24) is 9.80 Å². The number of carbonyl (C=O) groups is 2. The normalized spacial score (nSPS) is 10.9. The fourth-order valence-corrected chi connectivity index (χ4v) is 4.39. The molecule has 3 aromatic rings. The van der Waals surface area contributed by atoms with E-state index < -0.39 is 0 Å². The predicted molar refractivity (Wildman–Crippen MR) is 134 cm³/mol. The maximum absolute atomic E-state index is 13.4. The van der Waals surface area contributed by atoms with Crippen molar-refractivity contribution in [2.75, 3.05) is 13.2 Å². The monoisotopic (exact) mass is 502 g/mol. The van der Waals surface area contributed by atoms with E-state index in [1.807, 2.05) is 32.2 Å². The summed E-state index contributed by atoms with van der Waals surface area (Å²) in [7, 11) is 0. The van der Waals surface area contributed by atoms with Crippen LogP contribution in [0.5, 0.6) is 5.75 Å². The molecule has 1 aromatic heterocycles. The highest BCUT2D eigenvalue weighted by Crippen LogP contribution is 2.20. The van der Waals surface area contributed by atoms with Crippen LogP contribution in [0.15, 0.2) is 60.0 Å². The Morgan fingerprint density at radius 2 is 1.68 bits per heavy atom. The van der Waals surface area contributed by atoms with Crippen LogP contribution in [0, 0.1) is 12.7 Å². The Kier molecular flexibility index (Phi) is 9.07. The summed E-state index contributed by atoms with van der Waals surface area (Å²) < 4.78 is 19.0. The molecule has 3 rings (SSSR count). The molecule has 0 saturated heterocycles. The van der Waals surface area contributed by atoms with Crippen LogP contribution in [-0.4, -0.2) is 40.8 Å². The Labute approximate surface area is 208 Å². The molecule has 5 nitrogen and oxygen atoms in total. The molecule has 0 fully saturated rings. The molecule has 0 unspecified atom stereocenters. The van der Waals surface area contributed by atoms with Crippen molar-refractivity contribution in [3.63, 3.8) is 0 Å². The summed E-state index contributed by atoms with van der Waals surface area (Å²) in [6, 6.07) is 14.7. The third-order valence-corrected chi connectivity index (χ3v) is 6.63. The van der Waals surface area contributed by atoms with Crippen molar-refractivity contribution in [3.8, 4) is 5.75 Å². The van der Waals surface area contributed by atoms with E-state index in [1.165, 1.54) is 17.0 Å². The van der Waals surface area contributed by atoms with Crippen molar-refractivity contribution < 1.29 is 18.7 Å². The molecule has 0 aliphatic heterocycles. The van der Waals surface area contributed by atoms with Crippen LogP contribution in [0.1, 0.15) is 29.9 Å². The smallest absolute Gasteiger partial charge is 0.261 e. The van der Waals surface area contributed by atoms with Crippen molar-refractivity contribution in [1.29, 1.82) is 0 Å². The summed E-state index contributed by atoms with van der Waals surface area (Å²) in [5, 5.41) is 2.57. The van der Waals surface area contributed by atoms with Gasteiger partial charge in [-0.25, -0.2) is 4.39 Å². The molecule has 2 aromatic carbocycles. The van der Waals surface area contributed by atoms with Gasteiger partial charge in [-0.2, -0.15) is 0 Å². The maximum Gasteiger partial charge on any atom is 0.261 e. The summed E-state index contributed by atoms with van der Waals surface area (Å²) in [5.74, 6) is -0.273. The third-order valence-electron chi connectivity index (χ3n) is 5.37. The van der Waals surface area contributed by atoms with E-state index in [9.17, 15) is 14.0 Å². The molecule has 2 amide bonds. The second-order valence-electron chi connectivity index (χ2n) is 8.26. The molecule has 0 bridgehead atoms. The fourth-order valence-electron chi connectivity index (χ4n) is 3.35. The summed E-state index contributed by atoms with van der Waals surface area (Å²) in [6.07, 6.45) is 0. The number of hydrogen-bond donors (Lipinski definition) is 0. The van der Waals surface area contributed by atoms with Gasteiger partial charge in [0.25, 0.3) is 5.91 Å². The zero-order valence-corrected chi connectivity index (χ0v) is 21.0. The molecule has 0 aliphatic rings. The zero-order chi connectivity index (χ0) is 24.7. The number of aryl methyl sites for hydroxylation is 1. The molecule has 0 N–H and O–H groups in total. The number of hydrogen-bond acceptors (Lipinski definition) is 4. The van der Waals surface area contributed by atoms with Crippen LogP contribution in [0.3, 0.4) is 0 Å². The van der Waals surface area contributed by atoms with Crippen LogP contribution < -0.4 is 4.74 Å². The summed E-state index contributed by atoms with van der Waals surface area (Å²) >= 11 is 7.47. The van der Waals surface area contributed by atoms with Crippen molar-refractivity contribution in [2.45, 2.75) is 39.9 Å². The minimum Gasteiger partial charge on any atom is -0.484 e. The Morgan fingerprint density at radius 3 is 2.26 bits per heavy atom. The Balaban J connectivity index is 1.71. The molecular weight excluding hydrogens is 475 g/mol. The number of carbonyl (C=O) groups excluding carboxylic acids is 2. The van der Waals surface area contributed by atoms with Crippen LogP contribution in [0.25, 0.3) is 0 Å². The molecule has 0 atom stereocenters. The fraction of sp³-hybridized carbons (Fsp3) is 0.308. The van der Waals surface area contributed by atoms with Crippen LogP contribution in [0.4, 0.5) is 4.39 Å². The van der Waals surface area contributed by atoms with Gasteiger partial charge in [0.1, 0.15) is 18.1 Å². The highest BCUT2D eigenvalue weighted by Gasteiger charge is 2.25. The SMILES string of the molecule is Cc1ccsc1CN(Cc1ccc(F)cc1)C(=O)CN(C(=O)COc1ccc(Cl)cc1)C(C)C. The van der Waals surface area contributed by atoms with Gasteiger partial charge in [0.15, 0.2) is 6.61 Å². The lowest BCUT2D eigenvalue weighted by Crippen LogP contribution is -2.47. The predicted octanol–water partition coefficient (Wildman–Crippen LogP) is 5.69. The quantitative estimate of drug-likeness (QED) is 0.357. The topological polar surface area (TPSA) is 49.9 Å². The third kappa shape index (κ3) is 7.30. The summed E-state index contributed by atoms with van der Waals surface area (Å²) in [5.41, 5.74) is 1.92. The van der Waals surface area contributed by atoms with Gasteiger partial charge >= 0.3 is 0 Å². The number of halogens is 2. The van der Waals surface area contributed by atoms with Gasteiger partial charge in [0, 0.05) is 22.5 Å². The van der Waals surface area contributed by atoms with Gasteiger partial charge < -0.3 is 14.5 Å². The van der Waals surface area contributed by atoms with E-state index in [-0.39, 0.29) is 36.8 Å². The average Bonchev–Trinajstić information content (AvgIpc) is 3.21. The first-order chi connectivity index (χ1) is 16.2. The molecule has 1 heterocycles. The van der Waals surface area contributed by atoms with Crippen molar-refractivity contribution in [2.24, 2.45) is 0 Å². The van der Waals surface area contributed by atoms with E-state index in [2.05, 4.69) is 0 Å². The second kappa shape index (κ2) is 12.0. The van der Waals surface area contributed by atoms with Gasteiger partial charge in [0.2, 0.25) is 5.91 Å². The first-order valence-corrected chi connectivity index (χ1v) is 12.2. The number of benzene rings is 2. The Hall–Kier alpha value is -2.90. The lowest BCUT2D eigenvalue weighted by Gasteiger charge is -2.30. The first kappa shape index (κ1) is 25.7. The van der Waals surface area contributed by atoms with Gasteiger partial charge in [-0.1, -0.05) is 23.7 Å². The number of nitrogens with zero attached hydrogens (tertiary/aromatic N) is 2. The Bertz CT molecular complexity index is 1100. The first-order valence-electron chi connectivity index (χ1n) is 11.0. The van der Waals surface area contributed by atoms with E-state index in [0.29, 0.717) is 23.9 Å². The summed E-state index contributed by atoms with van der Waals surface area (Å²) in [4.78, 5) is 30.6. The molecule has 0 spiro atoms. The number of ether oxygens (including phenoxy) is 1. The summed E-state index contributed by atoms with van der Waals surface area (Å²) in [6.45, 7) is 6.20. The minimum atomic E-state index is -0.326. The molecule has 0 aliphatic carbocycles. The molecule has 34 heavy (non-hydrogen) atoms. The van der Waals surface area contributed by atoms with E-state index >= 15 is 0 Å². The highest BCUT2D eigenvalue weighted by atomic mass is 35.5. The Morgan fingerprint density at radius 1 is 1.00 bits per heavy atom. The van der Waals surface area contributed by atoms with Crippen molar-refractivity contribution >= 4 is 34.8 Å². The van der Waals surface area contributed by atoms with Gasteiger partial charge in [-0.15, -0.1) is 11.3 Å². The van der Waals surface area contributed by atoms with Crippen LogP contribution >= 0.6 is 22.9 Å². The largest absolute Gasteiger partial charge is 0.484 e. The van der Waals surface area contributed by atoms with Crippen LogP contribution in [-0.2, 0) is 22.7 Å². The van der Waals surface area contributed by atoms with E-state index in [4.69, 9.17) is 16.3 Å². The maximum atomic E-state index is 13.4.